The van der Waals surface area contributed by atoms with E-state index in [0.717, 1.165) is 22.6 Å². The van der Waals surface area contributed by atoms with Crippen molar-refractivity contribution in [1.29, 1.82) is 0 Å². The monoisotopic (exact) mass is 517 g/mol. The number of nitro benzene ring substituents is 1. The zero-order valence-corrected chi connectivity index (χ0v) is 20.5. The molecule has 0 unspecified atom stereocenters. The SMILES string of the molecule is CCOc1ccc(N2C(=O)NC(=O)/C(=C\c3cc(OC)c(OCc4ccccc4)cc3[N+](=O)[O-])C2=O)cc1. The van der Waals surface area contributed by atoms with E-state index in [0.29, 0.717) is 12.4 Å². The van der Waals surface area contributed by atoms with E-state index < -0.39 is 34.0 Å². The third-order valence-electron chi connectivity index (χ3n) is 5.55. The van der Waals surface area contributed by atoms with Crippen LogP contribution >= 0.6 is 0 Å². The van der Waals surface area contributed by atoms with Crippen molar-refractivity contribution in [3.63, 3.8) is 0 Å². The predicted molar refractivity (Wildman–Crippen MR) is 137 cm³/mol. The Morgan fingerprint density at radius 1 is 0.974 bits per heavy atom. The number of hydrogen-bond donors (Lipinski definition) is 1. The van der Waals surface area contributed by atoms with Gasteiger partial charge in [0.1, 0.15) is 17.9 Å². The van der Waals surface area contributed by atoms with E-state index >= 15 is 0 Å². The van der Waals surface area contributed by atoms with Crippen LogP contribution in [0.3, 0.4) is 0 Å². The van der Waals surface area contributed by atoms with Crippen molar-refractivity contribution >= 4 is 35.3 Å². The van der Waals surface area contributed by atoms with Gasteiger partial charge in [-0.1, -0.05) is 30.3 Å². The zero-order valence-electron chi connectivity index (χ0n) is 20.5. The molecule has 1 fully saturated rings. The average Bonchev–Trinajstić information content (AvgIpc) is 2.91. The van der Waals surface area contributed by atoms with Gasteiger partial charge >= 0.3 is 6.03 Å². The van der Waals surface area contributed by atoms with Crippen molar-refractivity contribution in [3.8, 4) is 17.2 Å². The number of amides is 4. The van der Waals surface area contributed by atoms with Gasteiger partial charge in [-0.25, -0.2) is 9.69 Å². The summed E-state index contributed by atoms with van der Waals surface area (Å²) in [6, 6.07) is 16.8. The number of carbonyl (C=O) groups is 3. The first kappa shape index (κ1) is 25.9. The molecule has 38 heavy (non-hydrogen) atoms. The van der Waals surface area contributed by atoms with Crippen molar-refractivity contribution in [2.45, 2.75) is 13.5 Å². The largest absolute Gasteiger partial charge is 0.494 e. The van der Waals surface area contributed by atoms with Gasteiger partial charge < -0.3 is 14.2 Å². The van der Waals surface area contributed by atoms with Crippen LogP contribution < -0.4 is 24.4 Å². The third-order valence-corrected chi connectivity index (χ3v) is 5.55. The summed E-state index contributed by atoms with van der Waals surface area (Å²) in [5.74, 6) is -1.14. The van der Waals surface area contributed by atoms with Crippen LogP contribution in [0.15, 0.2) is 72.3 Å². The molecule has 0 saturated carbocycles. The summed E-state index contributed by atoms with van der Waals surface area (Å²) in [7, 11) is 1.36. The number of carbonyl (C=O) groups excluding carboxylic acids is 3. The quantitative estimate of drug-likeness (QED) is 0.192. The maximum absolute atomic E-state index is 13.2. The van der Waals surface area contributed by atoms with Crippen LogP contribution in [0.2, 0.25) is 0 Å². The maximum atomic E-state index is 13.2. The number of nitrogens with one attached hydrogen (secondary N) is 1. The van der Waals surface area contributed by atoms with E-state index in [1.54, 1.807) is 12.1 Å². The Labute approximate surface area is 217 Å². The molecule has 4 amide bonds. The van der Waals surface area contributed by atoms with E-state index in [1.807, 2.05) is 37.3 Å². The highest BCUT2D eigenvalue weighted by Gasteiger charge is 2.37. The first-order valence-electron chi connectivity index (χ1n) is 11.5. The number of barbiturate groups is 1. The van der Waals surface area contributed by atoms with E-state index in [2.05, 4.69) is 5.32 Å². The van der Waals surface area contributed by atoms with Crippen LogP contribution in [0.4, 0.5) is 16.2 Å². The molecule has 0 aromatic heterocycles. The van der Waals surface area contributed by atoms with Gasteiger partial charge in [0, 0.05) is 0 Å². The van der Waals surface area contributed by atoms with Gasteiger partial charge in [-0.05, 0) is 48.9 Å². The summed E-state index contributed by atoms with van der Waals surface area (Å²) in [6.07, 6.45) is 1.05. The Morgan fingerprint density at radius 3 is 2.32 bits per heavy atom. The topological polar surface area (TPSA) is 137 Å². The molecule has 1 N–H and O–H groups in total. The van der Waals surface area contributed by atoms with E-state index in [1.165, 1.54) is 25.3 Å². The van der Waals surface area contributed by atoms with E-state index in [9.17, 15) is 24.5 Å². The zero-order chi connectivity index (χ0) is 27.2. The van der Waals surface area contributed by atoms with Gasteiger partial charge in [0.05, 0.1) is 36.0 Å². The fourth-order valence-corrected chi connectivity index (χ4v) is 3.75. The Balaban J connectivity index is 1.70. The average molecular weight is 517 g/mol. The number of nitro groups is 1. The highest BCUT2D eigenvalue weighted by Crippen LogP contribution is 2.37. The number of hydrogen-bond acceptors (Lipinski definition) is 8. The number of nitrogens with zero attached hydrogens (tertiary/aromatic N) is 2. The number of ether oxygens (including phenoxy) is 3. The normalized spacial score (nSPS) is 14.3. The highest BCUT2D eigenvalue weighted by atomic mass is 16.6. The Kier molecular flexibility index (Phi) is 7.66. The second kappa shape index (κ2) is 11.2. The molecule has 1 saturated heterocycles. The van der Waals surface area contributed by atoms with Crippen LogP contribution in [0.5, 0.6) is 17.2 Å². The second-order valence-corrected chi connectivity index (χ2v) is 7.98. The summed E-state index contributed by atoms with van der Waals surface area (Å²) in [4.78, 5) is 50.3. The van der Waals surface area contributed by atoms with E-state index in [4.69, 9.17) is 14.2 Å². The molecule has 1 aliphatic rings. The molecule has 3 aromatic carbocycles. The summed E-state index contributed by atoms with van der Waals surface area (Å²) in [5, 5.41) is 14.0. The van der Waals surface area contributed by atoms with Gasteiger partial charge in [-0.15, -0.1) is 0 Å². The summed E-state index contributed by atoms with van der Waals surface area (Å²) >= 11 is 0. The van der Waals surface area contributed by atoms with Crippen LogP contribution in [-0.4, -0.2) is 36.5 Å². The second-order valence-electron chi connectivity index (χ2n) is 7.98. The predicted octanol–water partition coefficient (Wildman–Crippen LogP) is 4.25. The molecule has 0 aliphatic carbocycles. The van der Waals surface area contributed by atoms with Gasteiger partial charge in [0.15, 0.2) is 11.5 Å². The molecule has 0 radical (unpaired) electrons. The van der Waals surface area contributed by atoms with Crippen LogP contribution in [0.1, 0.15) is 18.1 Å². The van der Waals surface area contributed by atoms with E-state index in [-0.39, 0.29) is 29.4 Å². The Hall–Kier alpha value is -5.19. The number of imide groups is 2. The lowest BCUT2D eigenvalue weighted by molar-refractivity contribution is -0.385. The fourth-order valence-electron chi connectivity index (χ4n) is 3.75. The maximum Gasteiger partial charge on any atom is 0.335 e. The summed E-state index contributed by atoms with van der Waals surface area (Å²) in [5.41, 5.74) is 0.0458. The summed E-state index contributed by atoms with van der Waals surface area (Å²) in [6.45, 7) is 2.38. The standard InChI is InChI=1S/C27H23N3O8/c1-3-37-20-11-9-19(10-12-20)29-26(32)21(25(31)28-27(29)33)13-18-14-23(36-2)24(15-22(18)30(34)35)38-16-17-7-5-4-6-8-17/h4-15H,3,16H2,1-2H3,(H,28,31,33)/b21-13+. The van der Waals surface area contributed by atoms with Crippen LogP contribution in [0, 0.1) is 10.1 Å². The van der Waals surface area contributed by atoms with Crippen molar-refractivity contribution in [1.82, 2.24) is 5.32 Å². The Morgan fingerprint density at radius 2 is 1.68 bits per heavy atom. The molecule has 0 spiro atoms. The molecule has 11 heteroatoms. The lowest BCUT2D eigenvalue weighted by Crippen LogP contribution is -2.54. The first-order valence-corrected chi connectivity index (χ1v) is 11.5. The first-order chi connectivity index (χ1) is 18.3. The molecule has 1 heterocycles. The third kappa shape index (κ3) is 5.46. The number of urea groups is 1. The van der Waals surface area contributed by atoms with Gasteiger partial charge in [0.25, 0.3) is 17.5 Å². The fraction of sp³-hybridized carbons (Fsp3) is 0.148. The van der Waals surface area contributed by atoms with Crippen molar-refractivity contribution in [3.05, 3.63) is 93.5 Å². The highest BCUT2D eigenvalue weighted by molar-refractivity contribution is 6.39. The molecular formula is C27H23N3O8. The van der Waals surface area contributed by atoms with Crippen LogP contribution in [0.25, 0.3) is 6.08 Å². The minimum absolute atomic E-state index is 0.0848. The Bertz CT molecular complexity index is 1420. The minimum atomic E-state index is -0.986. The number of anilines is 1. The van der Waals surface area contributed by atoms with Crippen molar-refractivity contribution in [2.75, 3.05) is 18.6 Å². The number of methoxy groups -OCH3 is 1. The van der Waals surface area contributed by atoms with Crippen molar-refractivity contribution < 1.29 is 33.5 Å². The van der Waals surface area contributed by atoms with Gasteiger partial charge in [-0.3, -0.25) is 25.0 Å². The molecule has 3 aromatic rings. The van der Waals surface area contributed by atoms with Crippen molar-refractivity contribution in [2.24, 2.45) is 0 Å². The molecule has 11 nitrogen and oxygen atoms in total. The minimum Gasteiger partial charge on any atom is -0.494 e. The molecule has 1 aliphatic heterocycles. The number of rotatable bonds is 9. The molecule has 0 bridgehead atoms. The molecular weight excluding hydrogens is 494 g/mol. The van der Waals surface area contributed by atoms with Crippen LogP contribution in [-0.2, 0) is 16.2 Å². The molecule has 0 atom stereocenters. The molecule has 194 valence electrons. The smallest absolute Gasteiger partial charge is 0.335 e. The lowest BCUT2D eigenvalue weighted by Gasteiger charge is -2.26. The number of benzene rings is 3. The van der Waals surface area contributed by atoms with Gasteiger partial charge in [0.2, 0.25) is 0 Å². The molecule has 4 rings (SSSR count). The lowest BCUT2D eigenvalue weighted by atomic mass is 10.0. The summed E-state index contributed by atoms with van der Waals surface area (Å²) < 4.78 is 16.5. The van der Waals surface area contributed by atoms with Gasteiger partial charge in [-0.2, -0.15) is 0 Å².